The molecule has 2 unspecified atom stereocenters. The average molecular weight is 358 g/mol. The van der Waals surface area contributed by atoms with Gasteiger partial charge in [-0.25, -0.2) is 0 Å². The second-order valence-electron chi connectivity index (χ2n) is 5.95. The van der Waals surface area contributed by atoms with Gasteiger partial charge in [0.1, 0.15) is 17.8 Å². The zero-order valence-electron chi connectivity index (χ0n) is 14.3. The summed E-state index contributed by atoms with van der Waals surface area (Å²) in [5, 5.41) is 33.8. The maximum atomic E-state index is 11.5. The summed E-state index contributed by atoms with van der Waals surface area (Å²) < 4.78 is 0. The van der Waals surface area contributed by atoms with Gasteiger partial charge in [-0.3, -0.25) is 20.2 Å². The van der Waals surface area contributed by atoms with Gasteiger partial charge in [0.05, 0.1) is 0 Å². The minimum atomic E-state index is -1.05. The Morgan fingerprint density at radius 3 is 1.58 bits per heavy atom. The van der Waals surface area contributed by atoms with Crippen LogP contribution in [0.4, 0.5) is 0 Å². The molecule has 0 spiro atoms. The molecule has 26 heavy (non-hydrogen) atoms. The van der Waals surface area contributed by atoms with E-state index in [1.807, 2.05) is 19.1 Å². The summed E-state index contributed by atoms with van der Waals surface area (Å²) in [6.07, 6.45) is 0. The van der Waals surface area contributed by atoms with Gasteiger partial charge in [0.25, 0.3) is 0 Å². The van der Waals surface area contributed by atoms with Gasteiger partial charge in [-0.1, -0.05) is 42.0 Å². The van der Waals surface area contributed by atoms with Crippen molar-refractivity contribution in [3.05, 3.63) is 65.2 Å². The first-order valence-electron chi connectivity index (χ1n) is 8.16. The highest BCUT2D eigenvalue weighted by Crippen LogP contribution is 2.17. The molecular weight excluding hydrogens is 336 g/mol. The van der Waals surface area contributed by atoms with Crippen molar-refractivity contribution in [1.29, 1.82) is 0 Å². The van der Waals surface area contributed by atoms with Crippen LogP contribution in [0.25, 0.3) is 0 Å². The molecule has 2 aromatic rings. The smallest absolute Gasteiger partial charge is 0.325 e. The minimum Gasteiger partial charge on any atom is -0.508 e. The molecule has 0 heterocycles. The number of carboxylic acid groups (broad SMARTS) is 2. The molecule has 0 saturated carbocycles. The molecule has 0 aliphatic heterocycles. The van der Waals surface area contributed by atoms with Crippen LogP contribution in [0.3, 0.4) is 0 Å². The number of carbonyl (C=O) groups is 2. The fourth-order valence-electron chi connectivity index (χ4n) is 2.55. The molecule has 5 N–H and O–H groups in total. The molecule has 2 aromatic carbocycles. The van der Waals surface area contributed by atoms with Crippen LogP contribution in [-0.2, 0) is 9.59 Å². The van der Waals surface area contributed by atoms with Crippen LogP contribution in [0.15, 0.2) is 48.5 Å². The number of carboxylic acids is 2. The van der Waals surface area contributed by atoms with E-state index in [0.29, 0.717) is 11.1 Å². The quantitative estimate of drug-likeness (QED) is 0.434. The summed E-state index contributed by atoms with van der Waals surface area (Å²) in [4.78, 5) is 22.9. The SMILES string of the molecule is Cc1ccc(C(NCCNC(C(=O)O)c2ccc(O)cc2)C(=O)O)cc1. The van der Waals surface area contributed by atoms with Crippen molar-refractivity contribution in [1.82, 2.24) is 10.6 Å². The average Bonchev–Trinajstić information content (AvgIpc) is 2.60. The Balaban J connectivity index is 1.93. The first kappa shape index (κ1) is 19.4. The third-order valence-corrected chi connectivity index (χ3v) is 3.95. The molecule has 0 aliphatic rings. The van der Waals surface area contributed by atoms with Crippen molar-refractivity contribution < 1.29 is 24.9 Å². The molecule has 0 bridgehead atoms. The predicted molar refractivity (Wildman–Crippen MR) is 96.0 cm³/mol. The predicted octanol–water partition coefficient (Wildman–Crippen LogP) is 1.83. The second-order valence-corrected chi connectivity index (χ2v) is 5.95. The van der Waals surface area contributed by atoms with Crippen LogP contribution in [0.1, 0.15) is 28.8 Å². The highest BCUT2D eigenvalue weighted by Gasteiger charge is 2.21. The fourth-order valence-corrected chi connectivity index (χ4v) is 2.55. The number of rotatable bonds is 9. The minimum absolute atomic E-state index is 0.0574. The summed E-state index contributed by atoms with van der Waals surface area (Å²) in [6, 6.07) is 11.3. The van der Waals surface area contributed by atoms with Gasteiger partial charge < -0.3 is 15.3 Å². The largest absolute Gasteiger partial charge is 0.508 e. The molecule has 7 nitrogen and oxygen atoms in total. The lowest BCUT2D eigenvalue weighted by Crippen LogP contribution is -2.37. The van der Waals surface area contributed by atoms with Crippen LogP contribution in [0, 0.1) is 6.92 Å². The molecule has 2 atom stereocenters. The summed E-state index contributed by atoms with van der Waals surface area (Å²) in [5.41, 5.74) is 2.18. The second kappa shape index (κ2) is 8.98. The monoisotopic (exact) mass is 358 g/mol. The van der Waals surface area contributed by atoms with Crippen molar-refractivity contribution in [2.24, 2.45) is 0 Å². The van der Waals surface area contributed by atoms with Crippen molar-refractivity contribution in [3.8, 4) is 5.75 Å². The van der Waals surface area contributed by atoms with Crippen molar-refractivity contribution in [2.45, 2.75) is 19.0 Å². The van der Waals surface area contributed by atoms with Crippen LogP contribution in [0.5, 0.6) is 5.75 Å². The number of aromatic hydroxyl groups is 1. The number of aryl methyl sites for hydroxylation is 1. The Morgan fingerprint density at radius 1 is 0.808 bits per heavy atom. The number of phenolic OH excluding ortho intramolecular Hbond substituents is 1. The lowest BCUT2D eigenvalue weighted by Gasteiger charge is -2.18. The molecule has 7 heteroatoms. The highest BCUT2D eigenvalue weighted by molar-refractivity contribution is 5.76. The van der Waals surface area contributed by atoms with Gasteiger partial charge in [-0.2, -0.15) is 0 Å². The highest BCUT2D eigenvalue weighted by atomic mass is 16.4. The fraction of sp³-hybridized carbons (Fsp3) is 0.263. The molecule has 0 fully saturated rings. The molecule has 0 aromatic heterocycles. The van der Waals surface area contributed by atoms with E-state index in [1.165, 1.54) is 24.3 Å². The van der Waals surface area contributed by atoms with E-state index in [9.17, 15) is 24.9 Å². The third-order valence-electron chi connectivity index (χ3n) is 3.95. The molecule has 0 amide bonds. The molecule has 2 rings (SSSR count). The number of hydrogen-bond acceptors (Lipinski definition) is 5. The van der Waals surface area contributed by atoms with E-state index in [0.717, 1.165) is 5.56 Å². The van der Waals surface area contributed by atoms with Crippen molar-refractivity contribution in [2.75, 3.05) is 13.1 Å². The zero-order chi connectivity index (χ0) is 19.1. The number of hydrogen-bond donors (Lipinski definition) is 5. The van der Waals surface area contributed by atoms with E-state index in [2.05, 4.69) is 10.6 Å². The zero-order valence-corrected chi connectivity index (χ0v) is 14.3. The first-order chi connectivity index (χ1) is 12.4. The number of phenols is 1. The van der Waals surface area contributed by atoms with E-state index >= 15 is 0 Å². The molecule has 0 radical (unpaired) electrons. The van der Waals surface area contributed by atoms with Gasteiger partial charge in [-0.15, -0.1) is 0 Å². The van der Waals surface area contributed by atoms with E-state index in [-0.39, 0.29) is 18.8 Å². The van der Waals surface area contributed by atoms with Gasteiger partial charge in [-0.05, 0) is 30.2 Å². The van der Waals surface area contributed by atoms with Crippen LogP contribution in [0.2, 0.25) is 0 Å². The van der Waals surface area contributed by atoms with Gasteiger partial charge >= 0.3 is 11.9 Å². The Kier molecular flexibility index (Phi) is 6.71. The third kappa shape index (κ3) is 5.30. The van der Waals surface area contributed by atoms with E-state index in [4.69, 9.17) is 0 Å². The van der Waals surface area contributed by atoms with Crippen LogP contribution >= 0.6 is 0 Å². The van der Waals surface area contributed by atoms with Gasteiger partial charge in [0.2, 0.25) is 0 Å². The maximum Gasteiger partial charge on any atom is 0.325 e. The maximum absolute atomic E-state index is 11.5. The summed E-state index contributed by atoms with van der Waals surface area (Å²) in [6.45, 7) is 2.45. The van der Waals surface area contributed by atoms with Crippen molar-refractivity contribution >= 4 is 11.9 Å². The normalized spacial score (nSPS) is 13.1. The van der Waals surface area contributed by atoms with E-state index in [1.54, 1.807) is 12.1 Å². The van der Waals surface area contributed by atoms with Gasteiger partial charge in [0.15, 0.2) is 0 Å². The summed E-state index contributed by atoms with van der Waals surface area (Å²) >= 11 is 0. The number of benzene rings is 2. The Labute approximate surface area is 151 Å². The standard InChI is InChI=1S/C19H22N2O5/c1-12-2-4-13(5-3-12)16(18(23)24)20-10-11-21-17(19(25)26)14-6-8-15(22)9-7-14/h2-9,16-17,20-22H,10-11H2,1H3,(H,23,24)(H,25,26). The van der Waals surface area contributed by atoms with Crippen LogP contribution < -0.4 is 10.6 Å². The van der Waals surface area contributed by atoms with Crippen molar-refractivity contribution in [3.63, 3.8) is 0 Å². The molecular formula is C19H22N2O5. The Hall–Kier alpha value is -2.90. The lowest BCUT2D eigenvalue weighted by molar-refractivity contribution is -0.141. The summed E-state index contributed by atoms with van der Waals surface area (Å²) in [7, 11) is 0. The van der Waals surface area contributed by atoms with E-state index < -0.39 is 24.0 Å². The first-order valence-corrected chi connectivity index (χ1v) is 8.16. The molecule has 0 saturated heterocycles. The summed E-state index contributed by atoms with van der Waals surface area (Å²) in [5.74, 6) is -1.99. The number of aliphatic carboxylic acids is 2. The Morgan fingerprint density at radius 2 is 1.19 bits per heavy atom. The molecule has 0 aliphatic carbocycles. The molecule has 138 valence electrons. The number of nitrogens with one attached hydrogen (secondary N) is 2. The lowest BCUT2D eigenvalue weighted by atomic mass is 10.1. The van der Waals surface area contributed by atoms with Gasteiger partial charge in [0, 0.05) is 13.1 Å². The Bertz CT molecular complexity index is 678. The van der Waals surface area contributed by atoms with Crippen LogP contribution in [-0.4, -0.2) is 40.3 Å². The topological polar surface area (TPSA) is 119 Å².